The number of halogens is 3. The van der Waals surface area contributed by atoms with Crippen molar-refractivity contribution in [2.75, 3.05) is 38.7 Å². The molecule has 0 fully saturated rings. The van der Waals surface area contributed by atoms with E-state index in [1.165, 1.54) is 11.0 Å². The van der Waals surface area contributed by atoms with Crippen molar-refractivity contribution < 1.29 is 18.3 Å². The van der Waals surface area contributed by atoms with Crippen molar-refractivity contribution in [3.63, 3.8) is 0 Å². The fourth-order valence-corrected chi connectivity index (χ4v) is 3.59. The molecule has 156 valence electrons. The molecule has 29 heavy (non-hydrogen) atoms. The molecule has 0 aliphatic heterocycles. The first-order chi connectivity index (χ1) is 13.3. The van der Waals surface area contributed by atoms with Gasteiger partial charge in [-0.25, -0.2) is 13.8 Å². The number of ether oxygens (including phenoxy) is 1. The van der Waals surface area contributed by atoms with Gasteiger partial charge in [0.2, 0.25) is 0 Å². The van der Waals surface area contributed by atoms with E-state index in [0.717, 1.165) is 23.0 Å². The molecule has 3 rings (SSSR count). The van der Waals surface area contributed by atoms with E-state index in [4.69, 9.17) is 4.74 Å². The number of aryl methyl sites for hydroxylation is 1. The van der Waals surface area contributed by atoms with Crippen molar-refractivity contribution in [3.8, 4) is 5.75 Å². The molecule has 0 atom stereocenters. The molecule has 0 bridgehead atoms. The third-order valence-corrected chi connectivity index (χ3v) is 5.11. The maximum Gasteiger partial charge on any atom is 0.266 e. The van der Waals surface area contributed by atoms with Gasteiger partial charge in [-0.1, -0.05) is 29.0 Å². The molecule has 0 aliphatic carbocycles. The highest BCUT2D eigenvalue weighted by Crippen LogP contribution is 2.31. The number of amides is 1. The summed E-state index contributed by atoms with van der Waals surface area (Å²) in [5.74, 6) is -1.13. The highest BCUT2D eigenvalue weighted by atomic mass is 35.5. The van der Waals surface area contributed by atoms with Gasteiger partial charge in [-0.05, 0) is 39.2 Å². The van der Waals surface area contributed by atoms with E-state index in [1.807, 2.05) is 38.1 Å². The van der Waals surface area contributed by atoms with Gasteiger partial charge in [0, 0.05) is 19.2 Å². The number of nitrogens with zero attached hydrogens (tertiary/aromatic N) is 3. The second-order valence-electron chi connectivity index (χ2n) is 6.68. The predicted octanol–water partition coefficient (Wildman–Crippen LogP) is 4.28. The van der Waals surface area contributed by atoms with Crippen LogP contribution in [0.4, 0.5) is 13.9 Å². The summed E-state index contributed by atoms with van der Waals surface area (Å²) in [5.41, 5.74) is 1.15. The molecule has 3 aromatic rings. The van der Waals surface area contributed by atoms with Gasteiger partial charge in [0.1, 0.15) is 17.1 Å². The van der Waals surface area contributed by atoms with Crippen LogP contribution in [0.2, 0.25) is 0 Å². The summed E-state index contributed by atoms with van der Waals surface area (Å²) in [6.07, 6.45) is 0. The minimum Gasteiger partial charge on any atom is -0.484 e. The van der Waals surface area contributed by atoms with Gasteiger partial charge in [0.05, 0.1) is 4.70 Å². The molecular weight excluding hydrogens is 420 g/mol. The number of carbonyl (C=O) groups excluding carboxylic acids is 1. The fraction of sp³-hybridized carbons (Fsp3) is 0.300. The lowest BCUT2D eigenvalue weighted by Gasteiger charge is -2.22. The van der Waals surface area contributed by atoms with Gasteiger partial charge < -0.3 is 9.64 Å². The molecule has 0 saturated heterocycles. The van der Waals surface area contributed by atoms with Crippen molar-refractivity contribution in [2.24, 2.45) is 0 Å². The number of hydrogen-bond acceptors (Lipinski definition) is 5. The summed E-state index contributed by atoms with van der Waals surface area (Å²) in [6, 6.07) is 9.39. The van der Waals surface area contributed by atoms with Gasteiger partial charge in [-0.2, -0.15) is 0 Å². The first kappa shape index (κ1) is 23.0. The summed E-state index contributed by atoms with van der Waals surface area (Å²) in [6.45, 7) is 2.73. The highest BCUT2D eigenvalue weighted by molar-refractivity contribution is 7.22. The van der Waals surface area contributed by atoms with E-state index in [-0.39, 0.29) is 30.4 Å². The fourth-order valence-electron chi connectivity index (χ4n) is 2.55. The van der Waals surface area contributed by atoms with Gasteiger partial charge in [0.25, 0.3) is 5.91 Å². The Morgan fingerprint density at radius 3 is 2.48 bits per heavy atom. The number of thiazole rings is 1. The monoisotopic (exact) mass is 441 g/mol. The molecule has 0 N–H and O–H groups in total. The Bertz CT molecular complexity index is 980. The molecule has 0 radical (unpaired) electrons. The Kier molecular flexibility index (Phi) is 7.89. The topological polar surface area (TPSA) is 45.7 Å². The molecular formula is C20H22ClF2N3O2S. The zero-order valence-corrected chi connectivity index (χ0v) is 17.9. The molecule has 0 saturated carbocycles. The van der Waals surface area contributed by atoms with Crippen molar-refractivity contribution >= 4 is 45.0 Å². The van der Waals surface area contributed by atoms with E-state index in [1.54, 1.807) is 12.1 Å². The molecule has 1 amide bonds. The smallest absolute Gasteiger partial charge is 0.266 e. The zero-order chi connectivity index (χ0) is 20.3. The van der Waals surface area contributed by atoms with Gasteiger partial charge >= 0.3 is 0 Å². The normalized spacial score (nSPS) is 10.8. The number of likely N-dealkylation sites (N-methyl/N-ethyl adjacent to an activating group) is 1. The summed E-state index contributed by atoms with van der Waals surface area (Å²) in [4.78, 5) is 20.4. The predicted molar refractivity (Wildman–Crippen MR) is 114 cm³/mol. The Morgan fingerprint density at radius 1 is 1.14 bits per heavy atom. The Labute approximate surface area is 178 Å². The molecule has 0 spiro atoms. The van der Waals surface area contributed by atoms with Crippen LogP contribution in [0.25, 0.3) is 10.2 Å². The van der Waals surface area contributed by atoms with E-state index >= 15 is 0 Å². The van der Waals surface area contributed by atoms with Crippen molar-refractivity contribution in [1.29, 1.82) is 0 Å². The van der Waals surface area contributed by atoms with Gasteiger partial charge in [0.15, 0.2) is 17.6 Å². The van der Waals surface area contributed by atoms with E-state index in [9.17, 15) is 13.6 Å². The number of anilines is 1. The molecule has 0 unspecified atom stereocenters. The first-order valence-corrected chi connectivity index (χ1v) is 9.55. The van der Waals surface area contributed by atoms with Crippen LogP contribution < -0.4 is 9.64 Å². The first-order valence-electron chi connectivity index (χ1n) is 8.73. The summed E-state index contributed by atoms with van der Waals surface area (Å²) in [7, 11) is 3.78. The third-order valence-electron chi connectivity index (χ3n) is 4.09. The number of benzene rings is 2. The van der Waals surface area contributed by atoms with Crippen LogP contribution in [0.15, 0.2) is 36.4 Å². The maximum absolute atomic E-state index is 14.0. The van der Waals surface area contributed by atoms with Crippen molar-refractivity contribution in [3.05, 3.63) is 53.6 Å². The average Bonchev–Trinajstić information content (AvgIpc) is 3.05. The van der Waals surface area contributed by atoms with Crippen LogP contribution in [-0.4, -0.2) is 49.6 Å². The largest absolute Gasteiger partial charge is 0.484 e. The van der Waals surface area contributed by atoms with Crippen LogP contribution in [0.1, 0.15) is 5.56 Å². The molecule has 5 nitrogen and oxygen atoms in total. The molecule has 1 heterocycles. The molecule has 2 aromatic carbocycles. The SMILES string of the molecule is Cc1ccc(OCC(=O)N(CCN(C)C)c2nc3c(F)cc(F)cc3s2)cc1.Cl. The summed E-state index contributed by atoms with van der Waals surface area (Å²) in [5, 5.41) is 0.318. The van der Waals surface area contributed by atoms with Gasteiger partial charge in [-0.15, -0.1) is 12.4 Å². The average molecular weight is 442 g/mol. The van der Waals surface area contributed by atoms with Gasteiger partial charge in [-0.3, -0.25) is 9.69 Å². The lowest BCUT2D eigenvalue weighted by Crippen LogP contribution is -2.39. The van der Waals surface area contributed by atoms with Crippen LogP contribution in [0.3, 0.4) is 0 Å². The Hall–Kier alpha value is -2.29. The number of hydrogen-bond donors (Lipinski definition) is 0. The van der Waals surface area contributed by atoms with Crippen LogP contribution in [0.5, 0.6) is 5.75 Å². The highest BCUT2D eigenvalue weighted by Gasteiger charge is 2.22. The summed E-state index contributed by atoms with van der Waals surface area (Å²) >= 11 is 1.08. The molecule has 0 aliphatic rings. The standard InChI is InChI=1S/C20H21F2N3O2S.ClH/c1-13-4-6-15(7-5-13)27-12-18(26)25(9-8-24(2)3)20-23-19-16(22)10-14(21)11-17(19)28-20;/h4-7,10-11H,8-9,12H2,1-3H3;1H. The lowest BCUT2D eigenvalue weighted by atomic mass is 10.2. The molecule has 1 aromatic heterocycles. The quantitative estimate of drug-likeness (QED) is 0.549. The number of fused-ring (bicyclic) bond motifs is 1. The zero-order valence-electron chi connectivity index (χ0n) is 16.3. The maximum atomic E-state index is 14.0. The van der Waals surface area contributed by atoms with E-state index in [0.29, 0.717) is 28.7 Å². The number of carbonyl (C=O) groups is 1. The molecule has 9 heteroatoms. The third kappa shape index (κ3) is 5.85. The summed E-state index contributed by atoms with van der Waals surface area (Å²) < 4.78 is 33.4. The van der Waals surface area contributed by atoms with Crippen molar-refractivity contribution in [1.82, 2.24) is 9.88 Å². The van der Waals surface area contributed by atoms with E-state index < -0.39 is 11.6 Å². The van der Waals surface area contributed by atoms with E-state index in [2.05, 4.69) is 4.98 Å². The van der Waals surface area contributed by atoms with Crippen molar-refractivity contribution in [2.45, 2.75) is 6.92 Å². The lowest BCUT2D eigenvalue weighted by molar-refractivity contribution is -0.120. The minimum atomic E-state index is -0.742. The second kappa shape index (κ2) is 9.96. The van der Waals surface area contributed by atoms with Crippen LogP contribution in [0, 0.1) is 18.6 Å². The van der Waals surface area contributed by atoms with Crippen LogP contribution >= 0.6 is 23.7 Å². The van der Waals surface area contributed by atoms with Crippen LogP contribution in [-0.2, 0) is 4.79 Å². The minimum absolute atomic E-state index is 0. The number of aromatic nitrogens is 1. The Balaban J connectivity index is 0.00000300. The second-order valence-corrected chi connectivity index (χ2v) is 7.69. The number of rotatable bonds is 7. The Morgan fingerprint density at radius 2 is 1.83 bits per heavy atom.